The summed E-state index contributed by atoms with van der Waals surface area (Å²) in [7, 11) is 1.51. The summed E-state index contributed by atoms with van der Waals surface area (Å²) in [4.78, 5) is 37.5. The van der Waals surface area contributed by atoms with Gasteiger partial charge in [0, 0.05) is 33.3 Å². The second-order valence-corrected chi connectivity index (χ2v) is 6.26. The average molecular weight is 372 g/mol. The van der Waals surface area contributed by atoms with Crippen LogP contribution in [0.5, 0.6) is 0 Å². The van der Waals surface area contributed by atoms with Gasteiger partial charge in [-0.25, -0.2) is 14.8 Å². The number of anilines is 1. The number of carbonyl (C=O) groups is 2. The van der Waals surface area contributed by atoms with Crippen LogP contribution in [0.2, 0.25) is 0 Å². The summed E-state index contributed by atoms with van der Waals surface area (Å²) in [6, 6.07) is 7.44. The van der Waals surface area contributed by atoms with Crippen LogP contribution in [0.3, 0.4) is 0 Å². The van der Waals surface area contributed by atoms with Gasteiger partial charge in [0.25, 0.3) is 0 Å². The third-order valence-corrected chi connectivity index (χ3v) is 4.44. The zero-order valence-corrected chi connectivity index (χ0v) is 15.7. The summed E-state index contributed by atoms with van der Waals surface area (Å²) in [6.07, 6.45) is 0.770. The van der Waals surface area contributed by atoms with E-state index in [9.17, 15) is 9.59 Å². The van der Waals surface area contributed by atoms with Gasteiger partial charge in [0.15, 0.2) is 11.5 Å². The van der Waals surface area contributed by atoms with Crippen LogP contribution < -0.4 is 4.90 Å². The predicted molar refractivity (Wildman–Crippen MR) is 101 cm³/mol. The summed E-state index contributed by atoms with van der Waals surface area (Å²) in [6.45, 7) is 4.53. The first-order valence-electron chi connectivity index (χ1n) is 9.09. The molecule has 144 valence electrons. The Balaban J connectivity index is 1.91. The molecule has 1 fully saturated rings. The van der Waals surface area contributed by atoms with Crippen LogP contribution >= 0.6 is 0 Å². The zero-order valence-electron chi connectivity index (χ0n) is 15.7. The number of aromatic nitrogens is 2. The minimum Gasteiger partial charge on any atom is -0.461 e. The van der Waals surface area contributed by atoms with Crippen molar-refractivity contribution in [2.75, 3.05) is 51.4 Å². The Bertz CT molecular complexity index is 826. The molecule has 8 nitrogen and oxygen atoms in total. The van der Waals surface area contributed by atoms with E-state index in [2.05, 4.69) is 9.97 Å². The molecular formula is C19H24N4O4. The molecule has 0 unspecified atom stereocenters. The third kappa shape index (κ3) is 4.33. The summed E-state index contributed by atoms with van der Waals surface area (Å²) >= 11 is 0. The summed E-state index contributed by atoms with van der Waals surface area (Å²) in [5.41, 5.74) is 1.58. The highest BCUT2D eigenvalue weighted by Crippen LogP contribution is 2.23. The Morgan fingerprint density at radius 2 is 1.81 bits per heavy atom. The monoisotopic (exact) mass is 372 g/mol. The molecule has 1 aromatic carbocycles. The van der Waals surface area contributed by atoms with Crippen molar-refractivity contribution in [1.29, 1.82) is 0 Å². The maximum atomic E-state index is 12.5. The van der Waals surface area contributed by atoms with E-state index < -0.39 is 5.97 Å². The second-order valence-electron chi connectivity index (χ2n) is 6.26. The standard InChI is InChI=1S/C19H24N4O4/c1-3-27-19(25)17-18(21-15-8-5-4-7-14(15)20-17)23-10-6-9-22(11-12-23)16(24)13-26-2/h4-5,7-8H,3,6,9-13H2,1-2H3. The number of esters is 1. The lowest BCUT2D eigenvalue weighted by Gasteiger charge is -2.24. The van der Waals surface area contributed by atoms with Crippen LogP contribution in [0.15, 0.2) is 24.3 Å². The molecule has 0 atom stereocenters. The molecule has 2 aromatic rings. The van der Waals surface area contributed by atoms with Crippen molar-refractivity contribution in [2.24, 2.45) is 0 Å². The van der Waals surface area contributed by atoms with Crippen molar-refractivity contribution in [1.82, 2.24) is 14.9 Å². The number of rotatable bonds is 5. The van der Waals surface area contributed by atoms with Crippen LogP contribution in [0.1, 0.15) is 23.8 Å². The number of ether oxygens (including phenoxy) is 2. The molecule has 8 heteroatoms. The average Bonchev–Trinajstić information content (AvgIpc) is 2.93. The highest BCUT2D eigenvalue weighted by Gasteiger charge is 2.25. The largest absolute Gasteiger partial charge is 0.461 e. The molecule has 2 heterocycles. The number of nitrogens with zero attached hydrogens (tertiary/aromatic N) is 4. The first kappa shape index (κ1) is 19.0. The Labute approximate surface area is 158 Å². The number of methoxy groups -OCH3 is 1. The molecule has 0 saturated carbocycles. The lowest BCUT2D eigenvalue weighted by atomic mass is 10.2. The van der Waals surface area contributed by atoms with E-state index in [4.69, 9.17) is 9.47 Å². The van der Waals surface area contributed by atoms with Gasteiger partial charge in [-0.3, -0.25) is 4.79 Å². The topological polar surface area (TPSA) is 84.9 Å². The van der Waals surface area contributed by atoms with E-state index in [1.54, 1.807) is 11.8 Å². The number of amides is 1. The molecule has 0 bridgehead atoms. The Morgan fingerprint density at radius 1 is 1.07 bits per heavy atom. The summed E-state index contributed by atoms with van der Waals surface area (Å²) in [5, 5.41) is 0. The number of benzene rings is 1. The maximum absolute atomic E-state index is 12.5. The normalized spacial score (nSPS) is 14.9. The molecule has 0 radical (unpaired) electrons. The van der Waals surface area contributed by atoms with Gasteiger partial charge in [0.1, 0.15) is 6.61 Å². The fraction of sp³-hybridized carbons (Fsp3) is 0.474. The Kier molecular flexibility index (Phi) is 6.18. The van der Waals surface area contributed by atoms with Gasteiger partial charge in [-0.05, 0) is 25.5 Å². The minimum absolute atomic E-state index is 0.0328. The summed E-state index contributed by atoms with van der Waals surface area (Å²) in [5.74, 6) is -0.00920. The number of para-hydroxylation sites is 2. The van der Waals surface area contributed by atoms with Gasteiger partial charge in [-0.1, -0.05) is 12.1 Å². The van der Waals surface area contributed by atoms with E-state index in [1.807, 2.05) is 29.2 Å². The Morgan fingerprint density at radius 3 is 2.52 bits per heavy atom. The molecular weight excluding hydrogens is 348 g/mol. The first-order valence-corrected chi connectivity index (χ1v) is 9.09. The van der Waals surface area contributed by atoms with Gasteiger partial charge in [-0.15, -0.1) is 0 Å². The molecule has 1 aromatic heterocycles. The SMILES string of the molecule is CCOC(=O)c1nc2ccccc2nc1N1CCCN(C(=O)COC)CC1. The second kappa shape index (κ2) is 8.77. The number of fused-ring (bicyclic) bond motifs is 1. The number of carbonyl (C=O) groups excluding carboxylic acids is 2. The molecule has 0 N–H and O–H groups in total. The smallest absolute Gasteiger partial charge is 0.360 e. The van der Waals surface area contributed by atoms with Gasteiger partial charge in [0.05, 0.1) is 17.6 Å². The Hall–Kier alpha value is -2.74. The van der Waals surface area contributed by atoms with Gasteiger partial charge < -0.3 is 19.3 Å². The lowest BCUT2D eigenvalue weighted by Crippen LogP contribution is -2.37. The lowest BCUT2D eigenvalue weighted by molar-refractivity contribution is -0.134. The highest BCUT2D eigenvalue weighted by molar-refractivity contribution is 5.95. The fourth-order valence-electron chi connectivity index (χ4n) is 3.14. The van der Waals surface area contributed by atoms with Crippen molar-refractivity contribution in [3.05, 3.63) is 30.0 Å². The first-order chi connectivity index (χ1) is 13.1. The van der Waals surface area contributed by atoms with Crippen molar-refractivity contribution >= 4 is 28.7 Å². The van der Waals surface area contributed by atoms with Gasteiger partial charge in [-0.2, -0.15) is 0 Å². The van der Waals surface area contributed by atoms with E-state index in [1.165, 1.54) is 7.11 Å². The number of hydrogen-bond acceptors (Lipinski definition) is 7. The quantitative estimate of drug-likeness (QED) is 0.735. The molecule has 0 spiro atoms. The molecule has 1 amide bonds. The van der Waals surface area contributed by atoms with E-state index in [-0.39, 0.29) is 24.8 Å². The van der Waals surface area contributed by atoms with Crippen molar-refractivity contribution in [2.45, 2.75) is 13.3 Å². The third-order valence-electron chi connectivity index (χ3n) is 4.44. The minimum atomic E-state index is -0.484. The van der Waals surface area contributed by atoms with Crippen LogP contribution in [-0.2, 0) is 14.3 Å². The predicted octanol–water partition coefficient (Wildman–Crippen LogP) is 1.49. The van der Waals surface area contributed by atoms with E-state index in [0.717, 1.165) is 11.9 Å². The van der Waals surface area contributed by atoms with Crippen molar-refractivity contribution in [3.8, 4) is 0 Å². The van der Waals surface area contributed by atoms with Crippen molar-refractivity contribution in [3.63, 3.8) is 0 Å². The maximum Gasteiger partial charge on any atom is 0.360 e. The molecule has 1 saturated heterocycles. The molecule has 0 aliphatic carbocycles. The highest BCUT2D eigenvalue weighted by atomic mass is 16.5. The zero-order chi connectivity index (χ0) is 19.2. The summed E-state index contributed by atoms with van der Waals surface area (Å²) < 4.78 is 10.1. The molecule has 27 heavy (non-hydrogen) atoms. The van der Waals surface area contributed by atoms with Crippen LogP contribution in [0.4, 0.5) is 5.82 Å². The van der Waals surface area contributed by atoms with E-state index in [0.29, 0.717) is 37.5 Å². The van der Waals surface area contributed by atoms with Crippen LogP contribution in [-0.4, -0.2) is 73.2 Å². The fourth-order valence-corrected chi connectivity index (χ4v) is 3.14. The van der Waals surface area contributed by atoms with E-state index >= 15 is 0 Å². The van der Waals surface area contributed by atoms with Gasteiger partial charge >= 0.3 is 5.97 Å². The molecule has 3 rings (SSSR count). The molecule has 1 aliphatic heterocycles. The van der Waals surface area contributed by atoms with Crippen molar-refractivity contribution < 1.29 is 19.1 Å². The molecule has 1 aliphatic rings. The number of hydrogen-bond donors (Lipinski definition) is 0. The van der Waals surface area contributed by atoms with Crippen LogP contribution in [0.25, 0.3) is 11.0 Å². The van der Waals surface area contributed by atoms with Crippen LogP contribution in [0, 0.1) is 0 Å². The van der Waals surface area contributed by atoms with Gasteiger partial charge in [0.2, 0.25) is 5.91 Å².